The molecule has 50 heavy (non-hydrogen) atoms. The summed E-state index contributed by atoms with van der Waals surface area (Å²) in [5.41, 5.74) is 9.71. The maximum Gasteiger partial charge on any atom is 0.238 e. The number of para-hydroxylation sites is 2. The smallest absolute Gasteiger partial charge is 0.238 e. The number of nitrogens with zero attached hydrogens (tertiary/aromatic N) is 5. The van der Waals surface area contributed by atoms with Gasteiger partial charge in [-0.05, 0) is 49.2 Å². The Morgan fingerprint density at radius 3 is 1.72 bits per heavy atom. The third kappa shape index (κ3) is 4.74. The highest BCUT2D eigenvalue weighted by Gasteiger charge is 2.22. The van der Waals surface area contributed by atoms with E-state index < -0.39 is 0 Å². The van der Waals surface area contributed by atoms with Crippen LogP contribution in [0.15, 0.2) is 164 Å². The fourth-order valence-corrected chi connectivity index (χ4v) is 7.22. The summed E-state index contributed by atoms with van der Waals surface area (Å²) in [6.07, 6.45) is 6.46. The molecule has 5 heteroatoms. The van der Waals surface area contributed by atoms with Crippen molar-refractivity contribution < 1.29 is 0 Å². The summed E-state index contributed by atoms with van der Waals surface area (Å²) >= 11 is 0. The van der Waals surface area contributed by atoms with Gasteiger partial charge in [0, 0.05) is 38.4 Å². The second-order valence-electron chi connectivity index (χ2n) is 12.4. The first-order valence-electron chi connectivity index (χ1n) is 17.0. The van der Waals surface area contributed by atoms with Crippen LogP contribution in [0.2, 0.25) is 0 Å². The molecule has 9 rings (SSSR count). The Labute approximate surface area is 290 Å². The Hall–Kier alpha value is -6.59. The molecule has 0 atom stereocenters. The minimum absolute atomic E-state index is 0.578. The van der Waals surface area contributed by atoms with Crippen LogP contribution in [-0.4, -0.2) is 24.1 Å². The number of rotatable bonds is 6. The molecular weight excluding hydrogens is 611 g/mol. The van der Waals surface area contributed by atoms with Crippen molar-refractivity contribution in [2.45, 2.75) is 13.8 Å². The molecule has 6 aromatic carbocycles. The first-order valence-corrected chi connectivity index (χ1v) is 17.0. The van der Waals surface area contributed by atoms with Crippen LogP contribution in [0.1, 0.15) is 13.8 Å². The predicted octanol–water partition coefficient (Wildman–Crippen LogP) is 11.5. The van der Waals surface area contributed by atoms with Crippen molar-refractivity contribution >= 4 is 49.3 Å². The Morgan fingerprint density at radius 2 is 1.04 bits per heavy atom. The molecule has 0 bridgehead atoms. The normalized spacial score (nSPS) is 12.2. The van der Waals surface area contributed by atoms with Crippen LogP contribution in [-0.2, 0) is 0 Å². The van der Waals surface area contributed by atoms with Crippen LogP contribution >= 0.6 is 0 Å². The fourth-order valence-electron chi connectivity index (χ4n) is 7.22. The van der Waals surface area contributed by atoms with Gasteiger partial charge in [-0.1, -0.05) is 140 Å². The highest BCUT2D eigenvalue weighted by atomic mass is 15.2. The highest BCUT2D eigenvalue weighted by Crippen LogP contribution is 2.42. The molecule has 0 spiro atoms. The van der Waals surface area contributed by atoms with Gasteiger partial charge in [0.1, 0.15) is 0 Å². The van der Waals surface area contributed by atoms with E-state index in [-0.39, 0.29) is 0 Å². The van der Waals surface area contributed by atoms with E-state index in [2.05, 4.69) is 163 Å². The van der Waals surface area contributed by atoms with E-state index >= 15 is 0 Å². The lowest BCUT2D eigenvalue weighted by Crippen LogP contribution is -2.06. The molecule has 0 amide bonds. The number of allylic oxidation sites excluding steroid dienone is 4. The van der Waals surface area contributed by atoms with Crippen LogP contribution < -0.4 is 0 Å². The van der Waals surface area contributed by atoms with Gasteiger partial charge in [-0.2, -0.15) is 9.97 Å². The zero-order chi connectivity index (χ0) is 33.6. The topological polar surface area (TPSA) is 48.5 Å². The minimum atomic E-state index is 0.578. The summed E-state index contributed by atoms with van der Waals surface area (Å²) in [5.74, 6) is 1.83. The number of hydrogen-bond donors (Lipinski definition) is 0. The van der Waals surface area contributed by atoms with E-state index in [9.17, 15) is 0 Å². The maximum atomic E-state index is 5.21. The van der Waals surface area contributed by atoms with Gasteiger partial charge in [-0.3, -0.25) is 4.57 Å². The van der Waals surface area contributed by atoms with Gasteiger partial charge in [-0.15, -0.1) is 0 Å². The first kappa shape index (κ1) is 29.5. The molecular formula is C45H33N5. The average Bonchev–Trinajstić information content (AvgIpc) is 3.70. The average molecular weight is 644 g/mol. The summed E-state index contributed by atoms with van der Waals surface area (Å²) in [6.45, 7) is 4.17. The largest absolute Gasteiger partial charge is 0.309 e. The predicted molar refractivity (Wildman–Crippen MR) is 208 cm³/mol. The number of fused-ring (bicyclic) bond motifs is 7. The molecule has 0 saturated carbocycles. The van der Waals surface area contributed by atoms with Gasteiger partial charge in [0.05, 0.1) is 22.1 Å². The lowest BCUT2D eigenvalue weighted by molar-refractivity contribution is 0.953. The van der Waals surface area contributed by atoms with Gasteiger partial charge >= 0.3 is 0 Å². The molecule has 0 aliphatic carbocycles. The Kier molecular flexibility index (Phi) is 7.17. The third-order valence-corrected chi connectivity index (χ3v) is 9.47. The fraction of sp³-hybridized carbons (Fsp3) is 0.0444. The highest BCUT2D eigenvalue weighted by molar-refractivity contribution is 6.26. The van der Waals surface area contributed by atoms with Crippen LogP contribution in [0, 0.1) is 0 Å². The van der Waals surface area contributed by atoms with Gasteiger partial charge in [-0.25, -0.2) is 4.98 Å². The molecule has 0 radical (unpaired) electrons. The second-order valence-corrected chi connectivity index (χ2v) is 12.4. The van der Waals surface area contributed by atoms with Crippen molar-refractivity contribution in [3.8, 4) is 39.9 Å². The molecule has 9 aromatic rings. The molecule has 0 aliphatic rings. The van der Waals surface area contributed by atoms with Gasteiger partial charge < -0.3 is 4.57 Å². The third-order valence-electron chi connectivity index (χ3n) is 9.47. The number of benzene rings is 6. The molecule has 0 fully saturated rings. The monoisotopic (exact) mass is 643 g/mol. The molecule has 0 unspecified atom stereocenters. The standard InChI is InChI=1S/C45H33N5/c1-3-15-34(4-2)49-38-22-13-11-20-35(38)36-28-29-40-41(42(36)49)37-21-12-14-23-39(37)50(40)45-47-43(32-18-9-6-10-19-32)46-44(48-45)33-26-24-31(25-27-33)30-16-7-5-8-17-30/h3-29H,1-2H3/b15-3-,34-4+. The quantitative estimate of drug-likeness (QED) is 0.169. The molecule has 0 saturated heterocycles. The Bertz CT molecular complexity index is 2750. The first-order chi connectivity index (χ1) is 24.7. The molecule has 5 nitrogen and oxygen atoms in total. The van der Waals surface area contributed by atoms with Crippen LogP contribution in [0.3, 0.4) is 0 Å². The van der Waals surface area contributed by atoms with Crippen LogP contribution in [0.4, 0.5) is 0 Å². The van der Waals surface area contributed by atoms with E-state index in [0.29, 0.717) is 17.6 Å². The molecule has 3 heterocycles. The summed E-state index contributed by atoms with van der Waals surface area (Å²) in [7, 11) is 0. The lowest BCUT2D eigenvalue weighted by Gasteiger charge is -2.12. The number of aromatic nitrogens is 5. The summed E-state index contributed by atoms with van der Waals surface area (Å²) in [6, 6.07) is 50.7. The molecule has 3 aromatic heterocycles. The van der Waals surface area contributed by atoms with Crippen molar-refractivity contribution in [2.24, 2.45) is 0 Å². The van der Waals surface area contributed by atoms with Crippen molar-refractivity contribution in [3.05, 3.63) is 164 Å². The van der Waals surface area contributed by atoms with E-state index in [1.807, 2.05) is 24.3 Å². The van der Waals surface area contributed by atoms with Crippen LogP contribution in [0.25, 0.3) is 89.2 Å². The summed E-state index contributed by atoms with van der Waals surface area (Å²) in [5, 5.41) is 4.73. The Morgan fingerprint density at radius 1 is 0.480 bits per heavy atom. The minimum Gasteiger partial charge on any atom is -0.309 e. The van der Waals surface area contributed by atoms with Crippen molar-refractivity contribution in [2.75, 3.05) is 0 Å². The molecule has 0 N–H and O–H groups in total. The van der Waals surface area contributed by atoms with Crippen molar-refractivity contribution in [1.29, 1.82) is 0 Å². The van der Waals surface area contributed by atoms with Gasteiger partial charge in [0.25, 0.3) is 0 Å². The second kappa shape index (κ2) is 12.1. The zero-order valence-electron chi connectivity index (χ0n) is 27.8. The lowest BCUT2D eigenvalue weighted by atomic mass is 10.0. The van der Waals surface area contributed by atoms with Gasteiger partial charge in [0.15, 0.2) is 11.6 Å². The van der Waals surface area contributed by atoms with Crippen molar-refractivity contribution in [3.63, 3.8) is 0 Å². The van der Waals surface area contributed by atoms with E-state index in [4.69, 9.17) is 15.0 Å². The maximum absolute atomic E-state index is 5.21. The zero-order valence-corrected chi connectivity index (χ0v) is 27.8. The summed E-state index contributed by atoms with van der Waals surface area (Å²) < 4.78 is 4.60. The van der Waals surface area contributed by atoms with E-state index in [0.717, 1.165) is 44.2 Å². The van der Waals surface area contributed by atoms with Crippen LogP contribution in [0.5, 0.6) is 0 Å². The molecule has 0 aliphatic heterocycles. The Balaban J connectivity index is 1.35. The number of hydrogen-bond acceptors (Lipinski definition) is 3. The SMILES string of the molecule is C/C=C\C(=C/C)n1c2ccccc2c2ccc3c(c4ccccc4n3-c3nc(-c4ccccc4)nc(-c4ccc(-c5ccccc5)cc4)n3)c21. The van der Waals surface area contributed by atoms with E-state index in [1.54, 1.807) is 0 Å². The van der Waals surface area contributed by atoms with Crippen molar-refractivity contribution in [1.82, 2.24) is 24.1 Å². The van der Waals surface area contributed by atoms with E-state index in [1.165, 1.54) is 27.4 Å². The van der Waals surface area contributed by atoms with Gasteiger partial charge in [0.2, 0.25) is 5.95 Å². The molecule has 238 valence electrons. The summed E-state index contributed by atoms with van der Waals surface area (Å²) in [4.78, 5) is 15.4.